The molecule has 0 saturated carbocycles. The number of carbonyl (C=O) groups is 2. The lowest BCUT2D eigenvalue weighted by molar-refractivity contribution is -0.376. The van der Waals surface area contributed by atoms with Gasteiger partial charge in [-0.2, -0.15) is 26.3 Å². The zero-order valence-corrected chi connectivity index (χ0v) is 21.0. The molecule has 1 aromatic carbocycles. The number of aliphatic hydroxyl groups is 2. The van der Waals surface area contributed by atoms with Gasteiger partial charge in [0.15, 0.2) is 11.5 Å². The van der Waals surface area contributed by atoms with Gasteiger partial charge in [0.1, 0.15) is 11.8 Å². The minimum absolute atomic E-state index is 0.156. The number of halogens is 7. The molecule has 1 fully saturated rings. The average Bonchev–Trinajstić information content (AvgIpc) is 2.73. The van der Waals surface area contributed by atoms with Crippen LogP contribution in [0.15, 0.2) is 12.1 Å². The van der Waals surface area contributed by atoms with Crippen molar-refractivity contribution in [1.82, 2.24) is 5.32 Å². The highest BCUT2D eigenvalue weighted by atomic mass is 127. The van der Waals surface area contributed by atoms with Gasteiger partial charge in [0.05, 0.1) is 23.9 Å². The Labute approximate surface area is 213 Å². The van der Waals surface area contributed by atoms with E-state index in [0.29, 0.717) is 5.32 Å². The highest BCUT2D eigenvalue weighted by Gasteiger charge is 2.78. The molecular formula is C20H22F6INO8. The van der Waals surface area contributed by atoms with Crippen molar-refractivity contribution in [2.45, 2.75) is 43.6 Å². The van der Waals surface area contributed by atoms with Gasteiger partial charge in [0.25, 0.3) is 0 Å². The second kappa shape index (κ2) is 10.4. The van der Waals surface area contributed by atoms with E-state index in [-0.39, 0.29) is 3.57 Å². The minimum atomic E-state index is -6.00. The Morgan fingerprint density at radius 2 is 1.39 bits per heavy atom. The zero-order valence-electron chi connectivity index (χ0n) is 18.8. The maximum absolute atomic E-state index is 14.2. The first-order valence-corrected chi connectivity index (χ1v) is 11.3. The van der Waals surface area contributed by atoms with E-state index in [4.69, 9.17) is 4.74 Å². The fourth-order valence-corrected chi connectivity index (χ4v) is 4.70. The molecule has 0 bridgehead atoms. The van der Waals surface area contributed by atoms with Gasteiger partial charge in [-0.05, 0) is 54.1 Å². The molecule has 1 unspecified atom stereocenters. The minimum Gasteiger partial charge on any atom is -0.504 e. The molecule has 1 heterocycles. The molecule has 0 radical (unpaired) electrons. The van der Waals surface area contributed by atoms with Gasteiger partial charge >= 0.3 is 24.3 Å². The summed E-state index contributed by atoms with van der Waals surface area (Å²) < 4.78 is 99.1. The number of nitrogens with one attached hydrogen (secondary N) is 1. The van der Waals surface area contributed by atoms with Crippen molar-refractivity contribution in [3.8, 4) is 11.5 Å². The van der Waals surface area contributed by atoms with Gasteiger partial charge in [0.2, 0.25) is 11.4 Å². The summed E-state index contributed by atoms with van der Waals surface area (Å²) in [5, 5.41) is 32.1. The van der Waals surface area contributed by atoms with E-state index in [0.717, 1.165) is 19.2 Å². The van der Waals surface area contributed by atoms with Crippen molar-refractivity contribution in [1.29, 1.82) is 0 Å². The molecule has 0 aromatic heterocycles. The lowest BCUT2D eigenvalue weighted by Crippen LogP contribution is -2.81. The van der Waals surface area contributed by atoms with Crippen molar-refractivity contribution in [2.75, 3.05) is 20.3 Å². The number of rotatable bonds is 6. The third kappa shape index (κ3) is 5.04. The first-order chi connectivity index (χ1) is 16.4. The number of hydrogen-bond donors (Lipinski definition) is 4. The van der Waals surface area contributed by atoms with E-state index < -0.39 is 83.8 Å². The number of ether oxygens (including phenoxy) is 3. The number of aromatic hydroxyl groups is 1. The predicted molar refractivity (Wildman–Crippen MR) is 116 cm³/mol. The highest BCUT2D eigenvalue weighted by molar-refractivity contribution is 14.1. The monoisotopic (exact) mass is 645 g/mol. The second-order valence-electron chi connectivity index (χ2n) is 7.69. The number of alkyl halides is 6. The van der Waals surface area contributed by atoms with Crippen molar-refractivity contribution in [3.05, 3.63) is 21.3 Å². The predicted octanol–water partition coefficient (Wildman–Crippen LogP) is 2.55. The third-order valence-corrected chi connectivity index (χ3v) is 6.42. The van der Waals surface area contributed by atoms with Crippen molar-refractivity contribution in [3.63, 3.8) is 0 Å². The van der Waals surface area contributed by atoms with E-state index in [1.54, 1.807) is 0 Å². The van der Waals surface area contributed by atoms with Crippen LogP contribution in [0.25, 0.3) is 0 Å². The smallest absolute Gasteiger partial charge is 0.432 e. The van der Waals surface area contributed by atoms with Crippen LogP contribution in [0.5, 0.6) is 11.5 Å². The molecular weight excluding hydrogens is 623 g/mol. The van der Waals surface area contributed by atoms with E-state index in [1.807, 2.05) is 0 Å². The Bertz CT molecular complexity index is 958. The van der Waals surface area contributed by atoms with Crippen LogP contribution < -0.4 is 10.1 Å². The Morgan fingerprint density at radius 3 is 1.72 bits per heavy atom. The SMILES string of the molecule is CCOC(=O)[C@H]1C(c2cc(I)c(O)c(OC)c2)[C@H](C(=O)OCC)[C@](O)(C(F)(F)F)N[C@]1(O)C(F)(F)F. The van der Waals surface area contributed by atoms with Gasteiger partial charge in [-0.1, -0.05) is 0 Å². The zero-order chi connectivity index (χ0) is 27.9. The van der Waals surface area contributed by atoms with Crippen LogP contribution in [-0.4, -0.2) is 71.4 Å². The van der Waals surface area contributed by atoms with Gasteiger partial charge in [0, 0.05) is 5.92 Å². The van der Waals surface area contributed by atoms with Crippen LogP contribution in [0.3, 0.4) is 0 Å². The van der Waals surface area contributed by atoms with E-state index in [1.165, 1.54) is 36.4 Å². The first kappa shape index (κ1) is 30.2. The summed E-state index contributed by atoms with van der Waals surface area (Å²) in [6.45, 7) is 1.30. The molecule has 0 aliphatic carbocycles. The molecule has 0 spiro atoms. The number of hydrogen-bond acceptors (Lipinski definition) is 9. The molecule has 2 rings (SSSR count). The fourth-order valence-electron chi connectivity index (χ4n) is 4.08. The summed E-state index contributed by atoms with van der Waals surface area (Å²) in [6, 6.07) is 1.65. The van der Waals surface area contributed by atoms with Gasteiger partial charge < -0.3 is 29.5 Å². The highest BCUT2D eigenvalue weighted by Crippen LogP contribution is 2.56. The first-order valence-electron chi connectivity index (χ1n) is 10.2. The molecule has 204 valence electrons. The molecule has 36 heavy (non-hydrogen) atoms. The fraction of sp³-hybridized carbons (Fsp3) is 0.600. The molecule has 16 heteroatoms. The van der Waals surface area contributed by atoms with Crippen LogP contribution in [0.2, 0.25) is 0 Å². The maximum Gasteiger partial charge on any atom is 0.432 e. The van der Waals surface area contributed by atoms with Crippen LogP contribution in [0.1, 0.15) is 25.3 Å². The van der Waals surface area contributed by atoms with Crippen LogP contribution in [0, 0.1) is 15.4 Å². The normalized spacial score (nSPS) is 28.9. The molecule has 1 saturated heterocycles. The number of phenolic OH excluding ortho intramolecular Hbond substituents is 1. The van der Waals surface area contributed by atoms with E-state index >= 15 is 0 Å². The molecule has 0 amide bonds. The Hall–Kier alpha value is -2.05. The largest absolute Gasteiger partial charge is 0.504 e. The summed E-state index contributed by atoms with van der Waals surface area (Å²) in [5.74, 6) is -13.1. The van der Waals surface area contributed by atoms with Crippen molar-refractivity contribution >= 4 is 34.5 Å². The summed E-state index contributed by atoms with van der Waals surface area (Å²) in [4.78, 5) is 25.6. The Kier molecular flexibility index (Phi) is 8.69. The lowest BCUT2D eigenvalue weighted by atomic mass is 9.64. The second-order valence-corrected chi connectivity index (χ2v) is 8.85. The van der Waals surface area contributed by atoms with Crippen LogP contribution in [0.4, 0.5) is 26.3 Å². The Balaban J connectivity index is 3.07. The Morgan fingerprint density at radius 1 is 0.972 bits per heavy atom. The van der Waals surface area contributed by atoms with Crippen molar-refractivity contribution in [2.24, 2.45) is 11.8 Å². The molecule has 1 aromatic rings. The third-order valence-electron chi connectivity index (χ3n) is 5.60. The molecule has 9 nitrogen and oxygen atoms in total. The summed E-state index contributed by atoms with van der Waals surface area (Å²) >= 11 is 1.48. The standard InChI is InChI=1S/C20H22F6INO8/c1-4-35-15(30)12-11(8-6-9(27)14(29)10(7-8)34-3)13(16(31)36-5-2)18(33,20(24,25)26)28-17(12,32)19(21,22)23/h6-7,11-13,28-29,32-33H,4-5H2,1-3H3/t11?,12-,13-,17-,18+/m1/s1. The van der Waals surface area contributed by atoms with E-state index in [9.17, 15) is 51.3 Å². The number of carbonyl (C=O) groups excluding carboxylic acids is 2. The number of benzene rings is 1. The summed E-state index contributed by atoms with van der Waals surface area (Å²) in [6.07, 6.45) is -12.0. The molecule has 1 aliphatic heterocycles. The molecule has 4 N–H and O–H groups in total. The average molecular weight is 645 g/mol. The number of phenols is 1. The van der Waals surface area contributed by atoms with Gasteiger partial charge in [-0.25, -0.2) is 5.32 Å². The number of methoxy groups -OCH3 is 1. The van der Waals surface area contributed by atoms with Crippen LogP contribution in [-0.2, 0) is 19.1 Å². The quantitative estimate of drug-likeness (QED) is 0.209. The number of piperidine rings is 1. The van der Waals surface area contributed by atoms with Crippen molar-refractivity contribution < 1.29 is 65.5 Å². The maximum atomic E-state index is 14.2. The van der Waals surface area contributed by atoms with Gasteiger partial charge in [-0.15, -0.1) is 0 Å². The lowest BCUT2D eigenvalue weighted by Gasteiger charge is -2.54. The number of esters is 2. The summed E-state index contributed by atoms with van der Waals surface area (Å²) in [7, 11) is 1.03. The van der Waals surface area contributed by atoms with E-state index in [2.05, 4.69) is 9.47 Å². The summed E-state index contributed by atoms with van der Waals surface area (Å²) in [5.41, 5.74) is -10.1. The van der Waals surface area contributed by atoms with Crippen LogP contribution >= 0.6 is 22.6 Å². The van der Waals surface area contributed by atoms with Gasteiger partial charge in [-0.3, -0.25) is 9.59 Å². The topological polar surface area (TPSA) is 135 Å². The molecule has 1 aliphatic rings. The molecule has 5 atom stereocenters.